The van der Waals surface area contributed by atoms with E-state index in [0.717, 1.165) is 60.7 Å². The van der Waals surface area contributed by atoms with Gasteiger partial charge in [-0.2, -0.15) is 0 Å². The van der Waals surface area contributed by atoms with Crippen LogP contribution in [0.3, 0.4) is 0 Å². The number of nitrogens with one attached hydrogen (secondary N) is 7. The number of carbonyl (C=O) groups is 7. The average Bonchev–Trinajstić information content (AvgIpc) is 0.808. The van der Waals surface area contributed by atoms with Crippen LogP contribution in [0.5, 0.6) is 69.0 Å². The van der Waals surface area contributed by atoms with Crippen molar-refractivity contribution < 1.29 is 83.5 Å². The number of aliphatic hydroxyl groups excluding tert-OH is 1. The number of phenols is 6. The van der Waals surface area contributed by atoms with E-state index in [2.05, 4.69) is 37.2 Å². The van der Waals surface area contributed by atoms with Gasteiger partial charge in [-0.1, -0.05) is 53.5 Å². The van der Waals surface area contributed by atoms with Crippen molar-refractivity contribution in [2.75, 3.05) is 39.3 Å². The van der Waals surface area contributed by atoms with Crippen LogP contribution in [0.25, 0.3) is 0 Å². The highest BCUT2D eigenvalue weighted by atomic mass is 35.5. The number of rotatable bonds is 12. The lowest BCUT2D eigenvalue weighted by molar-refractivity contribution is -0.137. The van der Waals surface area contributed by atoms with Crippen LogP contribution in [0.15, 0.2) is 127 Å². The summed E-state index contributed by atoms with van der Waals surface area (Å²) in [5.74, 6) is -12.8. The van der Waals surface area contributed by atoms with Crippen molar-refractivity contribution in [3.8, 4) is 69.0 Å². The molecule has 5 aliphatic heterocycles. The molecular formula is C64H63Cl2N11O17. The monoisotopic (exact) mass is 1330 g/mol. The molecule has 5 heterocycles. The van der Waals surface area contributed by atoms with E-state index in [9.17, 15) is 50.1 Å². The lowest BCUT2D eigenvalue weighted by atomic mass is 9.97. The summed E-state index contributed by atoms with van der Waals surface area (Å²) >= 11 is 13.8. The molecule has 0 aromatic heterocycles. The summed E-state index contributed by atoms with van der Waals surface area (Å²) in [6.45, 7) is 1.59. The number of nitrogens with two attached hydrogens (primary N) is 3. The molecule has 20 N–H and O–H groups in total. The summed E-state index contributed by atoms with van der Waals surface area (Å²) < 4.78 is 18.5. The molecule has 0 radical (unpaired) electrons. The third-order valence-corrected chi connectivity index (χ3v) is 16.1. The first kappa shape index (κ1) is 66.3. The second-order valence-electron chi connectivity index (χ2n) is 22.1. The first-order valence-corrected chi connectivity index (χ1v) is 29.8. The van der Waals surface area contributed by atoms with Gasteiger partial charge in [-0.05, 0) is 124 Å². The zero-order chi connectivity index (χ0) is 67.2. The molecule has 7 amide bonds. The fourth-order valence-corrected chi connectivity index (χ4v) is 11.2. The molecule has 7 aromatic rings. The number of nitrogens with zero attached hydrogens (tertiary/aromatic N) is 1. The van der Waals surface area contributed by atoms with Crippen LogP contribution in [0.4, 0.5) is 0 Å². The summed E-state index contributed by atoms with van der Waals surface area (Å²) in [4.78, 5) is 107. The lowest BCUT2D eigenvalue weighted by Crippen LogP contribution is -2.56. The van der Waals surface area contributed by atoms with Gasteiger partial charge in [0.2, 0.25) is 47.1 Å². The largest absolute Gasteiger partial charge is 0.508 e. The molecule has 8 atom stereocenters. The standard InChI is InChI=1S/C64H63Cl2N11O17/c65-41-17-29-1-9-45(41)93-48-25-35-26-49(57(48)84)94-46-10-5-32(23-42(46)66)56(83)55(64(91)74-52(33-19-37(79)27-38(80)20-33)60(87)70-13-16-77(14-11-67)15-12-68)76-61(88)51(30-2-6-36(78)7-3-30)73-63(90)54(35)75-62(89)53-34-21-39(81)28-40(22-34)92-47-24-31(4-8-44(47)82)50(69)59(86)71-43(18-29)58(85)72-53/h1-10,17,19-28,43,50-56,78-84H,11-16,18,67-69H2,(H,70,87)(H,71,86)(H,72,85)(H,73,90)(H,74,91)(H,75,89)(H,76,88). The molecule has 0 spiro atoms. The first-order chi connectivity index (χ1) is 44.9. The summed E-state index contributed by atoms with van der Waals surface area (Å²) in [7, 11) is 0. The Bertz CT molecular complexity index is 4080. The van der Waals surface area contributed by atoms with Crippen LogP contribution < -0.4 is 68.6 Å². The molecule has 0 aliphatic carbocycles. The summed E-state index contributed by atoms with van der Waals surface area (Å²) in [5.41, 5.74) is 17.5. The Balaban J connectivity index is 1.12. The van der Waals surface area contributed by atoms with Crippen LogP contribution in [-0.4, -0.2) is 133 Å². The Labute approximate surface area is 544 Å². The number of phenolic OH excluding ortho intramolecular Hbond substituents is 6. The van der Waals surface area contributed by atoms with Crippen molar-refractivity contribution in [2.45, 2.75) is 54.8 Å². The van der Waals surface area contributed by atoms with Gasteiger partial charge in [0, 0.05) is 57.8 Å². The minimum Gasteiger partial charge on any atom is -0.508 e. The molecule has 5 aliphatic rings. The molecular weight excluding hydrogens is 1270 g/mol. The van der Waals surface area contributed by atoms with Crippen LogP contribution in [0, 0.1) is 0 Å². The number of aromatic hydroxyl groups is 6. The van der Waals surface area contributed by atoms with E-state index in [1.165, 1.54) is 66.7 Å². The zero-order valence-electron chi connectivity index (χ0n) is 49.3. The van der Waals surface area contributed by atoms with E-state index in [1.807, 2.05) is 4.90 Å². The van der Waals surface area contributed by atoms with Crippen LogP contribution in [0.2, 0.25) is 10.0 Å². The maximum Gasteiger partial charge on any atom is 0.248 e. The average molecular weight is 1330 g/mol. The van der Waals surface area contributed by atoms with E-state index < -0.39 is 130 Å². The molecule has 28 nitrogen and oxygen atoms in total. The second-order valence-corrected chi connectivity index (χ2v) is 23.0. The van der Waals surface area contributed by atoms with Crippen LogP contribution in [0.1, 0.15) is 75.3 Å². The predicted molar refractivity (Wildman–Crippen MR) is 336 cm³/mol. The van der Waals surface area contributed by atoms with Crippen molar-refractivity contribution in [2.24, 2.45) is 17.2 Å². The molecule has 13 bridgehead atoms. The third kappa shape index (κ3) is 15.1. The van der Waals surface area contributed by atoms with Gasteiger partial charge in [0.1, 0.15) is 88.6 Å². The maximum absolute atomic E-state index is 15.7. The van der Waals surface area contributed by atoms with Gasteiger partial charge in [0.15, 0.2) is 23.0 Å². The van der Waals surface area contributed by atoms with E-state index in [4.69, 9.17) is 54.6 Å². The first-order valence-electron chi connectivity index (χ1n) is 29.1. The number of aliphatic hydroxyl groups is 1. The van der Waals surface area contributed by atoms with Gasteiger partial charge < -0.3 is 104 Å². The van der Waals surface area contributed by atoms with Crippen molar-refractivity contribution in [3.63, 3.8) is 0 Å². The third-order valence-electron chi connectivity index (χ3n) is 15.5. The Morgan fingerprint density at radius 3 is 1.72 bits per heavy atom. The molecule has 0 saturated heterocycles. The number of halogens is 2. The number of amides is 7. The number of fused-ring (bicyclic) bond motifs is 15. The second kappa shape index (κ2) is 28.5. The Hall–Kier alpha value is -10.6. The summed E-state index contributed by atoms with van der Waals surface area (Å²) in [6, 6.07) is 12.0. The number of hydrogen-bond donors (Lipinski definition) is 17. The molecule has 490 valence electrons. The number of ether oxygens (including phenoxy) is 3. The summed E-state index contributed by atoms with van der Waals surface area (Å²) in [6.07, 6.45) is -2.45. The fourth-order valence-electron chi connectivity index (χ4n) is 10.8. The Kier molecular flexibility index (Phi) is 20.1. The molecule has 94 heavy (non-hydrogen) atoms. The maximum atomic E-state index is 15.7. The summed E-state index contributed by atoms with van der Waals surface area (Å²) in [5, 5.41) is 96.1. The van der Waals surface area contributed by atoms with Crippen molar-refractivity contribution in [1.29, 1.82) is 0 Å². The Morgan fingerprint density at radius 2 is 1.10 bits per heavy atom. The molecule has 30 heteroatoms. The van der Waals surface area contributed by atoms with Gasteiger partial charge in [0.05, 0.1) is 10.0 Å². The highest BCUT2D eigenvalue weighted by molar-refractivity contribution is 6.32. The van der Waals surface area contributed by atoms with Crippen LogP contribution in [-0.2, 0) is 40.0 Å². The van der Waals surface area contributed by atoms with E-state index in [-0.39, 0.29) is 105 Å². The molecule has 7 aromatic carbocycles. The van der Waals surface area contributed by atoms with E-state index in [0.29, 0.717) is 18.7 Å². The number of benzene rings is 7. The van der Waals surface area contributed by atoms with Gasteiger partial charge in [-0.25, -0.2) is 0 Å². The quantitative estimate of drug-likeness (QED) is 0.0834. The predicted octanol–water partition coefficient (Wildman–Crippen LogP) is 3.26. The van der Waals surface area contributed by atoms with Gasteiger partial charge in [-0.3, -0.25) is 38.5 Å². The minimum absolute atomic E-state index is 0.0305. The number of carbonyl (C=O) groups excluding carboxylic acids is 7. The van der Waals surface area contributed by atoms with Crippen molar-refractivity contribution in [3.05, 3.63) is 176 Å². The molecule has 8 unspecified atom stereocenters. The molecule has 0 saturated carbocycles. The van der Waals surface area contributed by atoms with Gasteiger partial charge >= 0.3 is 0 Å². The zero-order valence-corrected chi connectivity index (χ0v) is 50.9. The topological polar surface area (TPSA) is 454 Å². The highest BCUT2D eigenvalue weighted by Gasteiger charge is 2.40. The highest BCUT2D eigenvalue weighted by Crippen LogP contribution is 2.47. The van der Waals surface area contributed by atoms with E-state index >= 15 is 19.2 Å². The van der Waals surface area contributed by atoms with E-state index in [1.54, 1.807) is 0 Å². The van der Waals surface area contributed by atoms with Crippen molar-refractivity contribution in [1.82, 2.24) is 42.1 Å². The van der Waals surface area contributed by atoms with Gasteiger partial charge in [-0.15, -0.1) is 0 Å². The smallest absolute Gasteiger partial charge is 0.248 e. The minimum atomic E-state index is -2.17. The van der Waals surface area contributed by atoms with Crippen molar-refractivity contribution >= 4 is 64.6 Å². The van der Waals surface area contributed by atoms with Gasteiger partial charge in [0.25, 0.3) is 0 Å². The molecule has 12 rings (SSSR count). The Morgan fingerprint density at radius 1 is 0.543 bits per heavy atom. The van der Waals surface area contributed by atoms with Crippen LogP contribution >= 0.6 is 23.2 Å². The normalized spacial score (nSPS) is 20.0. The number of hydrogen-bond acceptors (Lipinski definition) is 21. The lowest BCUT2D eigenvalue weighted by Gasteiger charge is -2.30. The SMILES string of the molecule is NCCN(CCN)CCNC(=O)C(NC(=O)C1NC(=O)C(c2ccc(O)cc2)NC(=O)C2NC(=O)C3NC(=O)C(Cc4ccc(c(Cl)c4)Oc4cc2cc(c4O)Oc2ccc(cc2Cl)C1O)NC(=O)C(N)c1ccc(O)c(c1)Oc1cc(O)cc3c1)c1cc(O)cc(O)c1. The molecule has 0 fully saturated rings. The fraction of sp³-hybridized carbons (Fsp3) is 0.234.